The van der Waals surface area contributed by atoms with Crippen LogP contribution in [0.1, 0.15) is 18.4 Å². The maximum absolute atomic E-state index is 12.8. The van der Waals surface area contributed by atoms with E-state index < -0.39 is 0 Å². The zero-order valence-corrected chi connectivity index (χ0v) is 13.6. The summed E-state index contributed by atoms with van der Waals surface area (Å²) < 4.78 is 0. The number of nitrogens with zero attached hydrogens (tertiary/aromatic N) is 4. The molecule has 4 N–H and O–H groups in total. The summed E-state index contributed by atoms with van der Waals surface area (Å²) in [6, 6.07) is 7.96. The lowest BCUT2D eigenvalue weighted by Gasteiger charge is -2.31. The molecule has 2 aromatic rings. The highest BCUT2D eigenvalue weighted by atomic mass is 32.2. The molecule has 0 spiro atoms. The number of aryl methyl sites for hydroxylation is 1. The van der Waals surface area contributed by atoms with E-state index in [0.717, 1.165) is 25.1 Å². The van der Waals surface area contributed by atoms with E-state index in [-0.39, 0.29) is 23.1 Å². The Hall–Kier alpha value is -2.35. The summed E-state index contributed by atoms with van der Waals surface area (Å²) in [6.07, 6.45) is 1.70. The van der Waals surface area contributed by atoms with Crippen molar-refractivity contribution in [2.75, 3.05) is 22.9 Å². The second-order valence-corrected chi connectivity index (χ2v) is 6.58. The average Bonchev–Trinajstić information content (AvgIpc) is 2.49. The fraction of sp³-hybridized carbons (Fsp3) is 0.333. The smallest absolute Gasteiger partial charge is 0.240 e. The molecule has 7 nitrogen and oxygen atoms in total. The first kappa shape index (κ1) is 15.5. The molecule has 0 saturated carbocycles. The van der Waals surface area contributed by atoms with Crippen LogP contribution in [0.2, 0.25) is 0 Å². The fourth-order valence-corrected chi connectivity index (χ4v) is 3.56. The average molecular weight is 330 g/mol. The van der Waals surface area contributed by atoms with Crippen molar-refractivity contribution in [1.82, 2.24) is 15.0 Å². The highest BCUT2D eigenvalue weighted by molar-refractivity contribution is 8.00. The lowest BCUT2D eigenvalue weighted by Crippen LogP contribution is -2.43. The minimum Gasteiger partial charge on any atom is -0.368 e. The number of nitrogens with two attached hydrogens (primary N) is 2. The lowest BCUT2D eigenvalue weighted by molar-refractivity contribution is -0.119. The summed E-state index contributed by atoms with van der Waals surface area (Å²) in [5.41, 5.74) is 13.2. The van der Waals surface area contributed by atoms with Crippen molar-refractivity contribution in [3.05, 3.63) is 29.8 Å². The third-order valence-electron chi connectivity index (χ3n) is 3.63. The van der Waals surface area contributed by atoms with E-state index in [4.69, 9.17) is 11.5 Å². The molecule has 1 aliphatic heterocycles. The van der Waals surface area contributed by atoms with Gasteiger partial charge in [0.2, 0.25) is 17.8 Å². The molecule has 23 heavy (non-hydrogen) atoms. The Morgan fingerprint density at radius 3 is 2.43 bits per heavy atom. The Labute approximate surface area is 138 Å². The van der Waals surface area contributed by atoms with Crippen molar-refractivity contribution in [3.8, 4) is 0 Å². The van der Waals surface area contributed by atoms with Gasteiger partial charge in [-0.15, -0.1) is 0 Å². The number of thioether (sulfide) groups is 1. The number of rotatable bonds is 3. The summed E-state index contributed by atoms with van der Waals surface area (Å²) in [4.78, 5) is 26.4. The predicted octanol–water partition coefficient (Wildman–Crippen LogP) is 1.63. The quantitative estimate of drug-likeness (QED) is 0.879. The van der Waals surface area contributed by atoms with Gasteiger partial charge < -0.3 is 16.4 Å². The molecule has 2 heterocycles. The summed E-state index contributed by atoms with van der Waals surface area (Å²) >= 11 is 1.29. The predicted molar refractivity (Wildman–Crippen MR) is 91.1 cm³/mol. The Morgan fingerprint density at radius 2 is 1.78 bits per heavy atom. The van der Waals surface area contributed by atoms with Gasteiger partial charge in [-0.25, -0.2) is 0 Å². The van der Waals surface area contributed by atoms with Gasteiger partial charge in [-0.3, -0.25) is 4.79 Å². The standard InChI is InChI=1S/C15H18N6OS/c1-9-4-6-10(7-5-9)21-8-2-3-11(12(21)22)23-15-19-13(16)18-14(17)20-15/h4-7,11H,2-3,8H2,1H3,(H4,16,17,18,19,20)/t11-/m0/s1. The van der Waals surface area contributed by atoms with E-state index in [0.29, 0.717) is 5.16 Å². The van der Waals surface area contributed by atoms with Crippen LogP contribution in [-0.4, -0.2) is 32.7 Å². The lowest BCUT2D eigenvalue weighted by atomic mass is 10.1. The van der Waals surface area contributed by atoms with Crippen LogP contribution in [-0.2, 0) is 4.79 Å². The molecule has 0 bridgehead atoms. The summed E-state index contributed by atoms with van der Waals surface area (Å²) in [7, 11) is 0. The van der Waals surface area contributed by atoms with Crippen LogP contribution in [0.25, 0.3) is 0 Å². The Kier molecular flexibility index (Phi) is 4.33. The fourth-order valence-electron chi connectivity index (χ4n) is 2.50. The number of piperidine rings is 1. The molecule has 1 aromatic carbocycles. The van der Waals surface area contributed by atoms with Gasteiger partial charge >= 0.3 is 0 Å². The van der Waals surface area contributed by atoms with Crippen LogP contribution in [0.4, 0.5) is 17.6 Å². The number of aromatic nitrogens is 3. The second-order valence-electron chi connectivity index (χ2n) is 5.41. The van der Waals surface area contributed by atoms with Gasteiger partial charge in [0, 0.05) is 12.2 Å². The molecule has 1 fully saturated rings. The van der Waals surface area contributed by atoms with Crippen molar-refractivity contribution in [2.45, 2.75) is 30.2 Å². The van der Waals surface area contributed by atoms with Crippen LogP contribution in [0.3, 0.4) is 0 Å². The molecule has 1 atom stereocenters. The van der Waals surface area contributed by atoms with Gasteiger partial charge in [-0.2, -0.15) is 15.0 Å². The molecule has 0 unspecified atom stereocenters. The molecule has 0 aliphatic carbocycles. The third kappa shape index (κ3) is 3.53. The van der Waals surface area contributed by atoms with Crippen LogP contribution in [0, 0.1) is 6.92 Å². The number of anilines is 3. The molecule has 0 radical (unpaired) electrons. The highest BCUT2D eigenvalue weighted by Gasteiger charge is 2.31. The monoisotopic (exact) mass is 330 g/mol. The van der Waals surface area contributed by atoms with Gasteiger partial charge in [-0.05, 0) is 31.9 Å². The normalized spacial score (nSPS) is 18.2. The van der Waals surface area contributed by atoms with Crippen molar-refractivity contribution in [1.29, 1.82) is 0 Å². The van der Waals surface area contributed by atoms with Crippen molar-refractivity contribution in [2.24, 2.45) is 0 Å². The van der Waals surface area contributed by atoms with Crippen molar-refractivity contribution >= 4 is 35.3 Å². The molecule has 1 amide bonds. The van der Waals surface area contributed by atoms with Crippen LogP contribution < -0.4 is 16.4 Å². The van der Waals surface area contributed by atoms with Gasteiger partial charge in [-0.1, -0.05) is 29.5 Å². The molecule has 3 rings (SSSR count). The van der Waals surface area contributed by atoms with E-state index in [2.05, 4.69) is 15.0 Å². The van der Waals surface area contributed by atoms with Crippen LogP contribution >= 0.6 is 11.8 Å². The number of carbonyl (C=O) groups is 1. The molecule has 120 valence electrons. The molecule has 1 aromatic heterocycles. The van der Waals surface area contributed by atoms with E-state index in [1.54, 1.807) is 0 Å². The van der Waals surface area contributed by atoms with Gasteiger partial charge in [0.05, 0.1) is 5.25 Å². The second kappa shape index (κ2) is 6.41. The van der Waals surface area contributed by atoms with Crippen LogP contribution in [0.15, 0.2) is 29.4 Å². The highest BCUT2D eigenvalue weighted by Crippen LogP contribution is 2.31. The molecule has 1 aliphatic rings. The first-order chi connectivity index (χ1) is 11.0. The topological polar surface area (TPSA) is 111 Å². The zero-order valence-electron chi connectivity index (χ0n) is 12.8. The number of amides is 1. The number of carbonyl (C=O) groups excluding carboxylic acids is 1. The number of nitrogen functional groups attached to an aromatic ring is 2. The minimum absolute atomic E-state index is 0.0580. The van der Waals surface area contributed by atoms with Gasteiger partial charge in [0.15, 0.2) is 5.16 Å². The first-order valence-electron chi connectivity index (χ1n) is 7.34. The Balaban J connectivity index is 1.78. The van der Waals surface area contributed by atoms with Gasteiger partial charge in [0.1, 0.15) is 0 Å². The number of benzene rings is 1. The summed E-state index contributed by atoms with van der Waals surface area (Å²) in [5, 5.41) is 0.144. The van der Waals surface area contributed by atoms with E-state index in [1.165, 1.54) is 17.3 Å². The number of hydrogen-bond acceptors (Lipinski definition) is 7. The maximum Gasteiger partial charge on any atom is 0.240 e. The summed E-state index contributed by atoms with van der Waals surface area (Å²) in [5.74, 6) is 0.194. The Morgan fingerprint density at radius 1 is 1.13 bits per heavy atom. The minimum atomic E-state index is -0.244. The van der Waals surface area contributed by atoms with Crippen LogP contribution in [0.5, 0.6) is 0 Å². The van der Waals surface area contributed by atoms with E-state index in [1.807, 2.05) is 36.1 Å². The largest absolute Gasteiger partial charge is 0.368 e. The van der Waals surface area contributed by atoms with E-state index in [9.17, 15) is 4.79 Å². The SMILES string of the molecule is Cc1ccc(N2CCC[C@H](Sc3nc(N)nc(N)n3)C2=O)cc1. The molecule has 8 heteroatoms. The maximum atomic E-state index is 12.8. The van der Waals surface area contributed by atoms with Crippen molar-refractivity contribution < 1.29 is 4.79 Å². The number of hydrogen-bond donors (Lipinski definition) is 2. The Bertz CT molecular complexity index is 700. The van der Waals surface area contributed by atoms with Gasteiger partial charge in [0.25, 0.3) is 0 Å². The molecular weight excluding hydrogens is 312 g/mol. The molecular formula is C15H18N6OS. The summed E-state index contributed by atoms with van der Waals surface area (Å²) in [6.45, 7) is 2.75. The molecule has 1 saturated heterocycles. The first-order valence-corrected chi connectivity index (χ1v) is 8.22. The third-order valence-corrected chi connectivity index (χ3v) is 4.75. The van der Waals surface area contributed by atoms with Crippen molar-refractivity contribution in [3.63, 3.8) is 0 Å². The van der Waals surface area contributed by atoms with E-state index >= 15 is 0 Å². The zero-order chi connectivity index (χ0) is 16.4.